The number of benzene rings is 7. The number of fused-ring (bicyclic) bond motifs is 13. The van der Waals surface area contributed by atoms with Gasteiger partial charge in [-0.2, -0.15) is 0 Å². The van der Waals surface area contributed by atoms with Crippen LogP contribution in [0.1, 0.15) is 43.2 Å². The molecule has 2 aliphatic carbocycles. The molecule has 3 nitrogen and oxygen atoms in total. The lowest BCUT2D eigenvalue weighted by atomic mass is 9.66. The fourth-order valence-corrected chi connectivity index (χ4v) is 9.64. The van der Waals surface area contributed by atoms with Crippen molar-refractivity contribution in [1.29, 1.82) is 0 Å². The molecule has 3 heteroatoms. The zero-order valence-corrected chi connectivity index (χ0v) is 28.3. The fraction of sp³-hybridized carbons (Fsp3) is 0.125. The maximum absolute atomic E-state index is 5.54. The van der Waals surface area contributed by atoms with Crippen LogP contribution in [0.5, 0.6) is 0 Å². The quantitative estimate of drug-likeness (QED) is 0.190. The number of rotatable bonds is 3. The topological polar surface area (TPSA) is 30.7 Å². The Kier molecular flexibility index (Phi) is 6.18. The summed E-state index contributed by atoms with van der Waals surface area (Å²) in [6, 6.07) is 55.1. The van der Waals surface area contributed by atoms with E-state index < -0.39 is 0 Å². The summed E-state index contributed by atoms with van der Waals surface area (Å²) >= 11 is 0. The van der Waals surface area contributed by atoms with Crippen LogP contribution in [-0.2, 0) is 5.41 Å². The molecule has 0 bridgehead atoms. The monoisotopic (exact) mass is 653 g/mol. The number of hydrogen-bond acceptors (Lipinski definition) is 2. The average molecular weight is 654 g/mol. The molecule has 0 saturated heterocycles. The van der Waals surface area contributed by atoms with Crippen molar-refractivity contribution in [1.82, 2.24) is 14.5 Å². The van der Waals surface area contributed by atoms with E-state index in [-0.39, 0.29) is 5.41 Å². The van der Waals surface area contributed by atoms with E-state index in [1.54, 1.807) is 0 Å². The Bertz CT molecular complexity index is 2840. The highest BCUT2D eigenvalue weighted by Crippen LogP contribution is 2.61. The molecule has 7 aromatic carbocycles. The SMILES string of the molecule is c1ccc(-c2cccc(-c3nc4ccccc4nc3-n3c4ccccc4c4c5c(c6ccccc6c43)-c3ccccc3C53CCCCC3)c2)cc1. The Morgan fingerprint density at radius 2 is 1.16 bits per heavy atom. The molecule has 0 amide bonds. The number of para-hydroxylation sites is 3. The summed E-state index contributed by atoms with van der Waals surface area (Å²) in [5, 5.41) is 5.23. The molecule has 11 rings (SSSR count). The molecule has 2 heterocycles. The van der Waals surface area contributed by atoms with Crippen LogP contribution < -0.4 is 0 Å². The summed E-state index contributed by atoms with van der Waals surface area (Å²) in [6.45, 7) is 0. The molecule has 2 aliphatic rings. The minimum atomic E-state index is -0.0106. The Morgan fingerprint density at radius 1 is 0.510 bits per heavy atom. The lowest BCUT2D eigenvalue weighted by Gasteiger charge is -2.36. The normalized spacial score (nSPS) is 14.8. The van der Waals surface area contributed by atoms with Gasteiger partial charge in [0.05, 0.1) is 22.1 Å². The van der Waals surface area contributed by atoms with Crippen molar-refractivity contribution in [2.45, 2.75) is 37.5 Å². The van der Waals surface area contributed by atoms with Gasteiger partial charge in [0.25, 0.3) is 0 Å². The summed E-state index contributed by atoms with van der Waals surface area (Å²) in [5.74, 6) is 0.864. The number of hydrogen-bond donors (Lipinski definition) is 0. The van der Waals surface area contributed by atoms with E-state index in [9.17, 15) is 0 Å². The molecular weight excluding hydrogens is 619 g/mol. The molecule has 0 atom stereocenters. The van der Waals surface area contributed by atoms with E-state index in [1.165, 1.54) is 87.0 Å². The minimum Gasteiger partial charge on any atom is -0.291 e. The summed E-state index contributed by atoms with van der Waals surface area (Å²) in [7, 11) is 0. The van der Waals surface area contributed by atoms with Crippen molar-refractivity contribution in [3.63, 3.8) is 0 Å². The van der Waals surface area contributed by atoms with Crippen LogP contribution in [0.2, 0.25) is 0 Å². The lowest BCUT2D eigenvalue weighted by Crippen LogP contribution is -2.28. The zero-order chi connectivity index (χ0) is 33.5. The molecule has 51 heavy (non-hydrogen) atoms. The van der Waals surface area contributed by atoms with Crippen molar-refractivity contribution in [3.05, 3.63) is 163 Å². The molecule has 0 N–H and O–H groups in total. The van der Waals surface area contributed by atoms with Crippen LogP contribution in [0.4, 0.5) is 0 Å². The second-order valence-electron chi connectivity index (χ2n) is 14.4. The van der Waals surface area contributed by atoms with Crippen LogP contribution in [0.25, 0.3) is 82.9 Å². The van der Waals surface area contributed by atoms with E-state index in [2.05, 4.69) is 156 Å². The Hall–Kier alpha value is -6.06. The molecule has 9 aromatic rings. The average Bonchev–Trinajstić information content (AvgIpc) is 3.69. The minimum absolute atomic E-state index is 0.0106. The third kappa shape index (κ3) is 4.06. The summed E-state index contributed by atoms with van der Waals surface area (Å²) < 4.78 is 2.46. The molecule has 1 spiro atoms. The van der Waals surface area contributed by atoms with Crippen LogP contribution in [0.3, 0.4) is 0 Å². The lowest BCUT2D eigenvalue weighted by molar-refractivity contribution is 0.355. The highest BCUT2D eigenvalue weighted by molar-refractivity contribution is 6.25. The second kappa shape index (κ2) is 11.0. The van der Waals surface area contributed by atoms with Gasteiger partial charge in [-0.1, -0.05) is 147 Å². The van der Waals surface area contributed by atoms with Gasteiger partial charge in [0.2, 0.25) is 0 Å². The van der Waals surface area contributed by atoms with E-state index in [1.807, 2.05) is 0 Å². The maximum atomic E-state index is 5.54. The first-order valence-electron chi connectivity index (χ1n) is 18.3. The van der Waals surface area contributed by atoms with E-state index in [0.29, 0.717) is 0 Å². The largest absolute Gasteiger partial charge is 0.291 e. The van der Waals surface area contributed by atoms with Crippen molar-refractivity contribution >= 4 is 43.6 Å². The predicted molar refractivity (Wildman–Crippen MR) is 212 cm³/mol. The van der Waals surface area contributed by atoms with Gasteiger partial charge in [0, 0.05) is 27.1 Å². The maximum Gasteiger partial charge on any atom is 0.165 e. The molecule has 1 saturated carbocycles. The van der Waals surface area contributed by atoms with Crippen molar-refractivity contribution in [3.8, 4) is 39.3 Å². The fourth-order valence-electron chi connectivity index (χ4n) is 9.64. The first-order chi connectivity index (χ1) is 25.3. The third-order valence-corrected chi connectivity index (χ3v) is 11.7. The molecule has 0 radical (unpaired) electrons. The number of aromatic nitrogens is 3. The summed E-state index contributed by atoms with van der Waals surface area (Å²) in [6.07, 6.45) is 6.15. The third-order valence-electron chi connectivity index (χ3n) is 11.7. The van der Waals surface area contributed by atoms with Gasteiger partial charge >= 0.3 is 0 Å². The summed E-state index contributed by atoms with van der Waals surface area (Å²) in [4.78, 5) is 11.0. The van der Waals surface area contributed by atoms with Gasteiger partial charge in [0.1, 0.15) is 5.69 Å². The first kappa shape index (κ1) is 28.7. The number of nitrogens with zero attached hydrogens (tertiary/aromatic N) is 3. The van der Waals surface area contributed by atoms with Gasteiger partial charge in [-0.15, -0.1) is 0 Å². The standard InChI is InChI=1S/C48H35N3/c1-3-16-31(17-4-1)32-18-15-19-33(30-32)45-47(50-40-26-11-10-25-39(40)49-45)51-41-27-12-8-23-37(41)43-44-42(34-20-5-6-21-35(34)46(43)51)36-22-7-9-24-38(36)48(44)28-13-2-14-29-48/h1,3-12,15-27,30H,2,13-14,28-29H2. The van der Waals surface area contributed by atoms with Gasteiger partial charge in [-0.3, -0.25) is 4.57 Å². The van der Waals surface area contributed by atoms with Gasteiger partial charge in [0.15, 0.2) is 5.82 Å². The second-order valence-corrected chi connectivity index (χ2v) is 14.4. The Balaban J connectivity index is 1.32. The summed E-state index contributed by atoms with van der Waals surface area (Å²) in [5.41, 5.74) is 14.3. The highest BCUT2D eigenvalue weighted by Gasteiger charge is 2.46. The Morgan fingerprint density at radius 3 is 2.00 bits per heavy atom. The zero-order valence-electron chi connectivity index (χ0n) is 28.3. The first-order valence-corrected chi connectivity index (χ1v) is 18.3. The molecule has 0 unspecified atom stereocenters. The molecule has 242 valence electrons. The molecule has 0 aliphatic heterocycles. The highest BCUT2D eigenvalue weighted by atomic mass is 15.1. The van der Waals surface area contributed by atoms with Gasteiger partial charge in [-0.25, -0.2) is 9.97 Å². The van der Waals surface area contributed by atoms with Crippen molar-refractivity contribution in [2.75, 3.05) is 0 Å². The van der Waals surface area contributed by atoms with Crippen LogP contribution in [-0.4, -0.2) is 14.5 Å². The van der Waals surface area contributed by atoms with Gasteiger partial charge < -0.3 is 0 Å². The molecular formula is C48H35N3. The van der Waals surface area contributed by atoms with Crippen LogP contribution >= 0.6 is 0 Å². The van der Waals surface area contributed by atoms with E-state index >= 15 is 0 Å². The van der Waals surface area contributed by atoms with Crippen LogP contribution in [0, 0.1) is 0 Å². The Labute approximate surface area is 296 Å². The van der Waals surface area contributed by atoms with Crippen LogP contribution in [0.15, 0.2) is 152 Å². The van der Waals surface area contributed by atoms with E-state index in [4.69, 9.17) is 9.97 Å². The van der Waals surface area contributed by atoms with Crippen molar-refractivity contribution < 1.29 is 0 Å². The van der Waals surface area contributed by atoms with Crippen molar-refractivity contribution in [2.24, 2.45) is 0 Å². The van der Waals surface area contributed by atoms with E-state index in [0.717, 1.165) is 39.2 Å². The molecule has 2 aromatic heterocycles. The predicted octanol–water partition coefficient (Wildman–Crippen LogP) is 12.4. The smallest absolute Gasteiger partial charge is 0.165 e. The van der Waals surface area contributed by atoms with Gasteiger partial charge in [-0.05, 0) is 75.9 Å². The molecule has 1 fully saturated rings.